The van der Waals surface area contributed by atoms with Gasteiger partial charge in [-0.15, -0.1) is 29.7 Å². The summed E-state index contributed by atoms with van der Waals surface area (Å²) in [5, 5.41) is 9.90. The average molecular weight is 386 g/mol. The predicted octanol–water partition coefficient (Wildman–Crippen LogP) is 2.60. The van der Waals surface area contributed by atoms with Gasteiger partial charge in [-0.25, -0.2) is 4.79 Å². The van der Waals surface area contributed by atoms with E-state index in [0.717, 1.165) is 27.5 Å². The van der Waals surface area contributed by atoms with Crippen LogP contribution in [0.4, 0.5) is 0 Å². The first kappa shape index (κ1) is 18.1. The molecule has 2 N–H and O–H groups in total. The number of aromatic nitrogens is 3. The molecule has 0 radical (unpaired) electrons. The van der Waals surface area contributed by atoms with Gasteiger partial charge in [-0.3, -0.25) is 13.9 Å². The van der Waals surface area contributed by atoms with Gasteiger partial charge in [0.2, 0.25) is 0 Å². The third-order valence-corrected chi connectivity index (χ3v) is 4.38. The molecule has 0 aliphatic carbocycles. The van der Waals surface area contributed by atoms with Gasteiger partial charge in [0.15, 0.2) is 0 Å². The number of aliphatic carboxylic acids is 1. The summed E-state index contributed by atoms with van der Waals surface area (Å²) in [4.78, 5) is 27.0. The number of carboxylic acid groups (broad SMARTS) is 1. The number of carbonyl (C=O) groups is 1. The summed E-state index contributed by atoms with van der Waals surface area (Å²) in [5.74, 6) is -0.921. The van der Waals surface area contributed by atoms with Crippen LogP contribution in [0.3, 0.4) is 0 Å². The van der Waals surface area contributed by atoms with Crippen molar-refractivity contribution in [2.75, 3.05) is 0 Å². The van der Waals surface area contributed by atoms with Crippen molar-refractivity contribution in [3.8, 4) is 0 Å². The standard InChI is InChI=1S/C19H16N3O3.Cr/c23-18(24)9-10-21-16-7-3-4-8-17(16)22(19(21)25)12-13-11-20-15-6-2-1-5-14(13)15;/h1-4,6-8,11,20H,9-10,12H2,(H,23,24);/q-1;. The first-order chi connectivity index (χ1) is 12.1. The van der Waals surface area contributed by atoms with E-state index in [9.17, 15) is 9.59 Å². The van der Waals surface area contributed by atoms with Gasteiger partial charge < -0.3 is 10.1 Å². The van der Waals surface area contributed by atoms with Crippen molar-refractivity contribution >= 4 is 27.9 Å². The van der Waals surface area contributed by atoms with Gasteiger partial charge in [0.25, 0.3) is 0 Å². The Kier molecular flexibility index (Phi) is 5.03. The Morgan fingerprint density at radius 2 is 1.85 bits per heavy atom. The molecule has 0 aliphatic heterocycles. The number of aryl methyl sites for hydroxylation is 1. The van der Waals surface area contributed by atoms with Crippen LogP contribution in [0.2, 0.25) is 0 Å². The molecule has 2 heterocycles. The summed E-state index contributed by atoms with van der Waals surface area (Å²) in [7, 11) is 0. The third kappa shape index (κ3) is 3.07. The Balaban J connectivity index is 0.00000196. The fourth-order valence-corrected chi connectivity index (χ4v) is 3.20. The smallest absolute Gasteiger partial charge is 0.328 e. The first-order valence-corrected chi connectivity index (χ1v) is 8.01. The molecule has 2 aromatic carbocycles. The molecule has 0 spiro atoms. The number of benzene rings is 2. The van der Waals surface area contributed by atoms with Crippen LogP contribution in [0.15, 0.2) is 53.5 Å². The largest absolute Gasteiger partial charge is 0.481 e. The normalized spacial score (nSPS) is 10.9. The molecule has 26 heavy (non-hydrogen) atoms. The molecule has 4 aromatic rings. The van der Waals surface area contributed by atoms with Crippen molar-refractivity contribution in [3.05, 3.63) is 70.8 Å². The van der Waals surface area contributed by atoms with Gasteiger partial charge >= 0.3 is 11.7 Å². The van der Waals surface area contributed by atoms with Crippen LogP contribution in [-0.4, -0.2) is 25.2 Å². The molecule has 7 heteroatoms. The van der Waals surface area contributed by atoms with Crippen molar-refractivity contribution in [2.24, 2.45) is 0 Å². The number of nitrogens with one attached hydrogen (secondary N) is 1. The van der Waals surface area contributed by atoms with Gasteiger partial charge in [0.1, 0.15) is 0 Å². The van der Waals surface area contributed by atoms with Crippen molar-refractivity contribution in [3.63, 3.8) is 0 Å². The van der Waals surface area contributed by atoms with Crippen LogP contribution in [0.5, 0.6) is 0 Å². The van der Waals surface area contributed by atoms with E-state index in [4.69, 9.17) is 5.11 Å². The fraction of sp³-hybridized carbons (Fsp3) is 0.158. The van der Waals surface area contributed by atoms with Crippen molar-refractivity contribution in [1.29, 1.82) is 0 Å². The molecule has 0 aliphatic rings. The molecular weight excluding hydrogens is 370 g/mol. The van der Waals surface area contributed by atoms with Gasteiger partial charge in [0.05, 0.1) is 17.5 Å². The molecule has 0 fully saturated rings. The van der Waals surface area contributed by atoms with Crippen LogP contribution in [0.25, 0.3) is 21.9 Å². The van der Waals surface area contributed by atoms with Crippen molar-refractivity contribution in [2.45, 2.75) is 19.5 Å². The molecule has 0 saturated carbocycles. The molecule has 0 amide bonds. The van der Waals surface area contributed by atoms with Crippen molar-refractivity contribution < 1.29 is 27.3 Å². The molecule has 2 aromatic heterocycles. The summed E-state index contributed by atoms with van der Waals surface area (Å²) in [6.07, 6.45) is 1.80. The molecule has 0 unspecified atom stereocenters. The number of fused-ring (bicyclic) bond motifs is 2. The molecule has 0 atom stereocenters. The maximum Gasteiger partial charge on any atom is 0.328 e. The Hall–Kier alpha value is -2.75. The zero-order chi connectivity index (χ0) is 17.4. The second-order valence-corrected chi connectivity index (χ2v) is 5.93. The van der Waals surface area contributed by atoms with E-state index >= 15 is 0 Å². The maximum atomic E-state index is 12.9. The molecule has 0 saturated heterocycles. The molecule has 132 valence electrons. The van der Waals surface area contributed by atoms with Crippen LogP contribution in [0.1, 0.15) is 12.0 Å². The number of nitrogens with zero attached hydrogens (tertiary/aromatic N) is 2. The van der Waals surface area contributed by atoms with E-state index in [-0.39, 0.29) is 36.0 Å². The number of rotatable bonds is 5. The number of hydrogen-bond acceptors (Lipinski definition) is 2. The fourth-order valence-electron chi connectivity index (χ4n) is 3.20. The van der Waals surface area contributed by atoms with Crippen LogP contribution in [0, 0.1) is 6.07 Å². The second kappa shape index (κ2) is 7.24. The Bertz CT molecular complexity index is 1140. The van der Waals surface area contributed by atoms with Gasteiger partial charge in [-0.1, -0.05) is 17.7 Å². The van der Waals surface area contributed by atoms with Crippen LogP contribution >= 0.6 is 0 Å². The van der Waals surface area contributed by atoms with Gasteiger partial charge in [0, 0.05) is 30.5 Å². The molecule has 6 nitrogen and oxygen atoms in total. The zero-order valence-electron chi connectivity index (χ0n) is 13.8. The van der Waals surface area contributed by atoms with E-state index in [0.29, 0.717) is 6.54 Å². The summed E-state index contributed by atoms with van der Waals surface area (Å²) in [6.45, 7) is 0.557. The monoisotopic (exact) mass is 386 g/mol. The summed E-state index contributed by atoms with van der Waals surface area (Å²) < 4.78 is 3.21. The van der Waals surface area contributed by atoms with Gasteiger partial charge in [-0.05, 0) is 23.8 Å². The first-order valence-electron chi connectivity index (χ1n) is 8.01. The minimum atomic E-state index is -0.921. The number of aromatic amines is 1. The second-order valence-electron chi connectivity index (χ2n) is 5.93. The minimum Gasteiger partial charge on any atom is -0.481 e. The van der Waals surface area contributed by atoms with Crippen LogP contribution < -0.4 is 5.69 Å². The van der Waals surface area contributed by atoms with E-state index in [1.165, 1.54) is 4.57 Å². The molecule has 0 bridgehead atoms. The zero-order valence-corrected chi connectivity index (χ0v) is 15.1. The summed E-state index contributed by atoms with van der Waals surface area (Å²) >= 11 is 0. The number of carboxylic acids is 1. The third-order valence-electron chi connectivity index (χ3n) is 4.38. The quantitative estimate of drug-likeness (QED) is 0.518. The van der Waals surface area contributed by atoms with Crippen LogP contribution in [-0.2, 0) is 35.2 Å². The van der Waals surface area contributed by atoms with E-state index < -0.39 is 5.97 Å². The topological polar surface area (TPSA) is 80.0 Å². The minimum absolute atomic E-state index is 0. The predicted molar refractivity (Wildman–Crippen MR) is 94.7 cm³/mol. The molecular formula is C19H16CrN3O3-. The van der Waals surface area contributed by atoms with E-state index in [1.807, 2.05) is 48.7 Å². The number of imidazole rings is 1. The Labute approximate surface area is 159 Å². The Morgan fingerprint density at radius 1 is 1.12 bits per heavy atom. The van der Waals surface area contributed by atoms with E-state index in [1.54, 1.807) is 4.57 Å². The maximum absolute atomic E-state index is 12.9. The number of para-hydroxylation sites is 2. The number of hydrogen-bond donors (Lipinski definition) is 2. The van der Waals surface area contributed by atoms with Crippen molar-refractivity contribution in [1.82, 2.24) is 14.1 Å². The number of H-pyrrole nitrogens is 1. The summed E-state index contributed by atoms with van der Waals surface area (Å²) in [6, 6.07) is 16.4. The Morgan fingerprint density at radius 3 is 2.58 bits per heavy atom. The summed E-state index contributed by atoms with van der Waals surface area (Å²) in [5.41, 5.74) is 3.28. The SMILES string of the molecule is O=C(O)CCn1c(=O)n(Cc2c[nH]c3ccc[c-]c23)c2ccccc21.[Cr]. The average Bonchev–Trinajstić information content (AvgIpc) is 3.14. The van der Waals surface area contributed by atoms with Gasteiger partial charge in [-0.2, -0.15) is 0 Å². The molecule has 4 rings (SSSR count). The van der Waals surface area contributed by atoms with E-state index in [2.05, 4.69) is 11.1 Å².